The first kappa shape index (κ1) is 10.9. The summed E-state index contributed by atoms with van der Waals surface area (Å²) in [6, 6.07) is 3.94. The van der Waals surface area contributed by atoms with E-state index in [-0.39, 0.29) is 22.9 Å². The van der Waals surface area contributed by atoms with Gasteiger partial charge in [0.1, 0.15) is 17.2 Å². The van der Waals surface area contributed by atoms with Crippen molar-refractivity contribution < 1.29 is 19.7 Å². The minimum atomic E-state index is -0.629. The van der Waals surface area contributed by atoms with Crippen LogP contribution in [0.15, 0.2) is 24.4 Å². The van der Waals surface area contributed by atoms with E-state index in [1.54, 1.807) is 0 Å². The maximum atomic E-state index is 11.2. The smallest absolute Gasteiger partial charge is 0.360 e. The summed E-state index contributed by atoms with van der Waals surface area (Å²) in [7, 11) is 1.23. The molecule has 88 valence electrons. The van der Waals surface area contributed by atoms with Crippen LogP contribution in [0.2, 0.25) is 0 Å². The Morgan fingerprint density at radius 2 is 2.18 bits per heavy atom. The molecule has 0 aliphatic rings. The van der Waals surface area contributed by atoms with Crippen molar-refractivity contribution in [2.24, 2.45) is 0 Å². The average molecular weight is 235 g/mol. The molecule has 0 atom stereocenters. The van der Waals surface area contributed by atoms with Crippen molar-refractivity contribution in [2.45, 2.75) is 0 Å². The fraction of sp³-hybridized carbons (Fsp3) is 0.100. The van der Waals surface area contributed by atoms with Crippen molar-refractivity contribution in [1.82, 2.24) is 15.0 Å². The van der Waals surface area contributed by atoms with Crippen molar-refractivity contribution in [1.29, 1.82) is 0 Å². The number of ether oxygens (including phenoxy) is 1. The standard InChI is InChI=1S/C10H9N3O4/c1-17-10(16)7-5-13(12-11-7)8-4-6(14)2-3-9(8)15/h2-5,14-15H,1H3. The van der Waals surface area contributed by atoms with Gasteiger partial charge >= 0.3 is 5.97 Å². The topological polar surface area (TPSA) is 97.5 Å². The molecule has 0 aliphatic heterocycles. The van der Waals surface area contributed by atoms with Crippen molar-refractivity contribution in [3.63, 3.8) is 0 Å². The van der Waals surface area contributed by atoms with Crippen LogP contribution >= 0.6 is 0 Å². The molecule has 2 aromatic rings. The maximum absolute atomic E-state index is 11.2. The zero-order chi connectivity index (χ0) is 12.4. The zero-order valence-corrected chi connectivity index (χ0v) is 8.86. The molecule has 2 rings (SSSR count). The Bertz CT molecular complexity index is 564. The summed E-state index contributed by atoms with van der Waals surface area (Å²) in [6.45, 7) is 0. The minimum Gasteiger partial charge on any atom is -0.508 e. The number of esters is 1. The molecule has 0 fully saturated rings. The number of phenols is 2. The number of aromatic hydroxyl groups is 2. The summed E-state index contributed by atoms with van der Waals surface area (Å²) in [6.07, 6.45) is 1.29. The molecule has 1 aromatic heterocycles. The van der Waals surface area contributed by atoms with E-state index >= 15 is 0 Å². The number of methoxy groups -OCH3 is 1. The first-order valence-corrected chi connectivity index (χ1v) is 4.65. The molecular weight excluding hydrogens is 226 g/mol. The maximum Gasteiger partial charge on any atom is 0.360 e. The second kappa shape index (κ2) is 4.12. The van der Waals surface area contributed by atoms with Gasteiger partial charge in [-0.15, -0.1) is 5.10 Å². The third-order valence-corrected chi connectivity index (χ3v) is 2.09. The Morgan fingerprint density at radius 1 is 1.41 bits per heavy atom. The highest BCUT2D eigenvalue weighted by Gasteiger charge is 2.13. The van der Waals surface area contributed by atoms with Gasteiger partial charge in [0, 0.05) is 6.07 Å². The lowest BCUT2D eigenvalue weighted by Crippen LogP contribution is -2.01. The monoisotopic (exact) mass is 235 g/mol. The third kappa shape index (κ3) is 2.03. The predicted octanol–water partition coefficient (Wildman–Crippen LogP) is 0.465. The molecule has 0 saturated heterocycles. The number of benzene rings is 1. The quantitative estimate of drug-likeness (QED) is 0.580. The summed E-state index contributed by atoms with van der Waals surface area (Å²) in [5.41, 5.74) is 0.225. The molecule has 0 amide bonds. The Balaban J connectivity index is 2.43. The highest BCUT2D eigenvalue weighted by Crippen LogP contribution is 2.25. The molecule has 7 heteroatoms. The number of carbonyl (C=O) groups is 1. The van der Waals surface area contributed by atoms with Crippen LogP contribution in [0.3, 0.4) is 0 Å². The van der Waals surface area contributed by atoms with E-state index < -0.39 is 5.97 Å². The summed E-state index contributed by atoms with van der Waals surface area (Å²) in [5.74, 6) is -0.757. The molecule has 0 unspecified atom stereocenters. The van der Waals surface area contributed by atoms with E-state index in [4.69, 9.17) is 0 Å². The molecule has 0 spiro atoms. The lowest BCUT2D eigenvalue weighted by atomic mass is 10.3. The second-order valence-electron chi connectivity index (χ2n) is 3.21. The molecule has 1 aromatic carbocycles. The zero-order valence-electron chi connectivity index (χ0n) is 8.86. The summed E-state index contributed by atoms with van der Waals surface area (Å²) in [4.78, 5) is 11.2. The first-order chi connectivity index (χ1) is 8.11. The molecular formula is C10H9N3O4. The van der Waals surface area contributed by atoms with Gasteiger partial charge in [0.2, 0.25) is 0 Å². The lowest BCUT2D eigenvalue weighted by molar-refractivity contribution is 0.0594. The second-order valence-corrected chi connectivity index (χ2v) is 3.21. The van der Waals surface area contributed by atoms with Crippen LogP contribution in [0.4, 0.5) is 0 Å². The van der Waals surface area contributed by atoms with Gasteiger partial charge in [0.15, 0.2) is 5.69 Å². The fourth-order valence-electron chi connectivity index (χ4n) is 1.27. The van der Waals surface area contributed by atoms with E-state index in [9.17, 15) is 15.0 Å². The highest BCUT2D eigenvalue weighted by atomic mass is 16.5. The van der Waals surface area contributed by atoms with Gasteiger partial charge in [-0.3, -0.25) is 0 Å². The van der Waals surface area contributed by atoms with Crippen molar-refractivity contribution in [3.8, 4) is 17.2 Å². The van der Waals surface area contributed by atoms with Gasteiger partial charge in [-0.1, -0.05) is 5.21 Å². The predicted molar refractivity (Wildman–Crippen MR) is 56.0 cm³/mol. The molecule has 0 bridgehead atoms. The number of hydrogen-bond acceptors (Lipinski definition) is 6. The molecule has 0 aliphatic carbocycles. The number of hydrogen-bond donors (Lipinski definition) is 2. The van der Waals surface area contributed by atoms with Gasteiger partial charge in [-0.05, 0) is 12.1 Å². The van der Waals surface area contributed by atoms with E-state index in [1.165, 1.54) is 36.2 Å². The Kier molecular flexibility index (Phi) is 2.65. The summed E-state index contributed by atoms with van der Waals surface area (Å²) in [5, 5.41) is 26.1. The van der Waals surface area contributed by atoms with Crippen LogP contribution in [0.5, 0.6) is 11.5 Å². The Labute approximate surface area is 95.9 Å². The number of rotatable bonds is 2. The van der Waals surface area contributed by atoms with Crippen LogP contribution in [0.1, 0.15) is 10.5 Å². The van der Waals surface area contributed by atoms with E-state index in [1.807, 2.05) is 0 Å². The Morgan fingerprint density at radius 3 is 2.88 bits per heavy atom. The average Bonchev–Trinajstić information content (AvgIpc) is 2.80. The molecule has 7 nitrogen and oxygen atoms in total. The van der Waals surface area contributed by atoms with Crippen molar-refractivity contribution >= 4 is 5.97 Å². The normalized spacial score (nSPS) is 10.2. The van der Waals surface area contributed by atoms with Crippen LogP contribution in [-0.4, -0.2) is 38.3 Å². The SMILES string of the molecule is COC(=O)c1cn(-c2cc(O)ccc2O)nn1. The van der Waals surface area contributed by atoms with Crippen LogP contribution in [0.25, 0.3) is 5.69 Å². The number of phenolic OH excluding ortho intramolecular Hbond substituents is 2. The van der Waals surface area contributed by atoms with Crippen LogP contribution < -0.4 is 0 Å². The van der Waals surface area contributed by atoms with Crippen molar-refractivity contribution in [2.75, 3.05) is 7.11 Å². The summed E-state index contributed by atoms with van der Waals surface area (Å²) >= 11 is 0. The molecule has 2 N–H and O–H groups in total. The van der Waals surface area contributed by atoms with E-state index in [0.717, 1.165) is 0 Å². The van der Waals surface area contributed by atoms with Gasteiger partial charge < -0.3 is 14.9 Å². The van der Waals surface area contributed by atoms with Crippen molar-refractivity contribution in [3.05, 3.63) is 30.1 Å². The number of aromatic nitrogens is 3. The lowest BCUT2D eigenvalue weighted by Gasteiger charge is -2.03. The van der Waals surface area contributed by atoms with Gasteiger partial charge in [0.05, 0.1) is 13.3 Å². The summed E-state index contributed by atoms with van der Waals surface area (Å²) < 4.78 is 5.64. The van der Waals surface area contributed by atoms with E-state index in [2.05, 4.69) is 15.0 Å². The van der Waals surface area contributed by atoms with E-state index in [0.29, 0.717) is 0 Å². The fourth-order valence-corrected chi connectivity index (χ4v) is 1.27. The third-order valence-electron chi connectivity index (χ3n) is 2.09. The van der Waals surface area contributed by atoms with Crippen LogP contribution in [0, 0.1) is 0 Å². The Hall–Kier alpha value is -2.57. The molecule has 17 heavy (non-hydrogen) atoms. The van der Waals surface area contributed by atoms with Gasteiger partial charge in [-0.2, -0.15) is 0 Å². The highest BCUT2D eigenvalue weighted by molar-refractivity contribution is 5.86. The number of carbonyl (C=O) groups excluding carboxylic acids is 1. The molecule has 1 heterocycles. The largest absolute Gasteiger partial charge is 0.508 e. The first-order valence-electron chi connectivity index (χ1n) is 4.65. The molecule has 0 radical (unpaired) electrons. The molecule has 0 saturated carbocycles. The van der Waals surface area contributed by atoms with Gasteiger partial charge in [-0.25, -0.2) is 9.48 Å². The van der Waals surface area contributed by atoms with Gasteiger partial charge in [0.25, 0.3) is 0 Å². The van der Waals surface area contributed by atoms with Crippen LogP contribution in [-0.2, 0) is 4.74 Å². The number of nitrogens with zero attached hydrogens (tertiary/aromatic N) is 3. The minimum absolute atomic E-state index is 0.00948.